The fourth-order valence-electron chi connectivity index (χ4n) is 3.75. The lowest BCUT2D eigenvalue weighted by Gasteiger charge is -2.37. The van der Waals surface area contributed by atoms with Gasteiger partial charge < -0.3 is 9.47 Å². The van der Waals surface area contributed by atoms with Crippen molar-refractivity contribution in [2.45, 2.75) is 44.8 Å². The standard InChI is InChI=1S/C19H23N5O/c1-15(24-14-20-17-8-2-3-9-18(17)24)19(25)23-12-5-4-7-16(23)13-22-11-6-10-21-22/h2-3,6,8-11,14-16H,4-5,7,12-13H2,1H3/t15-,16+/m0/s1. The van der Waals surface area contributed by atoms with Crippen LogP contribution in [0.25, 0.3) is 11.0 Å². The molecule has 1 saturated heterocycles. The molecule has 6 nitrogen and oxygen atoms in total. The molecule has 1 fully saturated rings. The first kappa shape index (κ1) is 15.9. The van der Waals surface area contributed by atoms with Gasteiger partial charge in [-0.05, 0) is 44.4 Å². The Labute approximate surface area is 147 Å². The lowest BCUT2D eigenvalue weighted by Crippen LogP contribution is -2.48. The van der Waals surface area contributed by atoms with E-state index in [2.05, 4.69) is 10.1 Å². The average molecular weight is 337 g/mol. The van der Waals surface area contributed by atoms with E-state index in [9.17, 15) is 4.79 Å². The maximum absolute atomic E-state index is 13.2. The number of hydrogen-bond donors (Lipinski definition) is 0. The van der Waals surface area contributed by atoms with Crippen molar-refractivity contribution in [2.75, 3.05) is 6.54 Å². The van der Waals surface area contributed by atoms with Crippen molar-refractivity contribution >= 4 is 16.9 Å². The van der Waals surface area contributed by atoms with Crippen LogP contribution in [0.1, 0.15) is 32.2 Å². The monoisotopic (exact) mass is 337 g/mol. The van der Waals surface area contributed by atoms with Gasteiger partial charge in [0.15, 0.2) is 0 Å². The molecular formula is C19H23N5O. The Balaban J connectivity index is 1.57. The molecule has 0 bridgehead atoms. The number of fused-ring (bicyclic) bond motifs is 1. The molecule has 0 radical (unpaired) electrons. The third-order valence-electron chi connectivity index (χ3n) is 5.12. The zero-order chi connectivity index (χ0) is 17.2. The topological polar surface area (TPSA) is 56.0 Å². The molecule has 2 atom stereocenters. The second-order valence-corrected chi connectivity index (χ2v) is 6.73. The minimum Gasteiger partial charge on any atom is -0.336 e. The Morgan fingerprint density at radius 3 is 3.00 bits per heavy atom. The lowest BCUT2D eigenvalue weighted by atomic mass is 10.0. The van der Waals surface area contributed by atoms with Crippen molar-refractivity contribution in [1.82, 2.24) is 24.2 Å². The number of para-hydroxylation sites is 2. The normalized spacial score (nSPS) is 19.2. The summed E-state index contributed by atoms with van der Waals surface area (Å²) >= 11 is 0. The second kappa shape index (κ2) is 6.70. The largest absolute Gasteiger partial charge is 0.336 e. The molecule has 3 heterocycles. The molecule has 1 aliphatic rings. The SMILES string of the molecule is C[C@@H](C(=O)N1CCCC[C@@H]1Cn1cccn1)n1cnc2ccccc21. The molecule has 1 aromatic carbocycles. The molecule has 0 saturated carbocycles. The van der Waals surface area contributed by atoms with E-state index >= 15 is 0 Å². The number of hydrogen-bond acceptors (Lipinski definition) is 3. The van der Waals surface area contributed by atoms with Crippen molar-refractivity contribution in [3.63, 3.8) is 0 Å². The first-order chi connectivity index (χ1) is 12.2. The molecule has 4 rings (SSSR count). The maximum Gasteiger partial charge on any atom is 0.245 e. The first-order valence-corrected chi connectivity index (χ1v) is 8.93. The van der Waals surface area contributed by atoms with Gasteiger partial charge in [0.1, 0.15) is 6.04 Å². The summed E-state index contributed by atoms with van der Waals surface area (Å²) in [4.78, 5) is 19.7. The number of benzene rings is 1. The molecule has 3 aromatic rings. The van der Waals surface area contributed by atoms with Crippen LogP contribution < -0.4 is 0 Å². The van der Waals surface area contributed by atoms with Crippen LogP contribution in [0.4, 0.5) is 0 Å². The molecule has 0 N–H and O–H groups in total. The molecule has 25 heavy (non-hydrogen) atoms. The van der Waals surface area contributed by atoms with E-state index in [1.165, 1.54) is 0 Å². The van der Waals surface area contributed by atoms with Gasteiger partial charge in [0.2, 0.25) is 5.91 Å². The van der Waals surface area contributed by atoms with Crippen LogP contribution in [0.3, 0.4) is 0 Å². The van der Waals surface area contributed by atoms with Crippen LogP contribution in [0.5, 0.6) is 0 Å². The van der Waals surface area contributed by atoms with Crippen LogP contribution in [-0.2, 0) is 11.3 Å². The Kier molecular flexibility index (Phi) is 4.26. The van der Waals surface area contributed by atoms with E-state index in [-0.39, 0.29) is 18.0 Å². The van der Waals surface area contributed by atoms with Crippen molar-refractivity contribution in [3.05, 3.63) is 49.1 Å². The van der Waals surface area contributed by atoms with Gasteiger partial charge in [-0.25, -0.2) is 4.98 Å². The third kappa shape index (κ3) is 3.04. The highest BCUT2D eigenvalue weighted by Crippen LogP contribution is 2.24. The summed E-state index contributed by atoms with van der Waals surface area (Å²) < 4.78 is 3.91. The summed E-state index contributed by atoms with van der Waals surface area (Å²) in [5.41, 5.74) is 1.93. The zero-order valence-corrected chi connectivity index (χ0v) is 14.5. The van der Waals surface area contributed by atoms with E-state index in [1.54, 1.807) is 12.5 Å². The molecule has 2 aromatic heterocycles. The fourth-order valence-corrected chi connectivity index (χ4v) is 3.75. The number of piperidine rings is 1. The second-order valence-electron chi connectivity index (χ2n) is 6.73. The van der Waals surface area contributed by atoms with Crippen LogP contribution in [-0.4, -0.2) is 42.7 Å². The summed E-state index contributed by atoms with van der Waals surface area (Å²) in [5, 5.41) is 4.30. The number of likely N-dealkylation sites (tertiary alicyclic amines) is 1. The Morgan fingerprint density at radius 2 is 2.16 bits per heavy atom. The predicted octanol–water partition coefficient (Wildman–Crippen LogP) is 2.88. The molecule has 6 heteroatoms. The van der Waals surface area contributed by atoms with E-state index in [0.29, 0.717) is 0 Å². The smallest absolute Gasteiger partial charge is 0.245 e. The molecule has 1 aliphatic heterocycles. The quantitative estimate of drug-likeness (QED) is 0.735. The number of nitrogens with zero attached hydrogens (tertiary/aromatic N) is 5. The van der Waals surface area contributed by atoms with Crippen molar-refractivity contribution < 1.29 is 4.79 Å². The van der Waals surface area contributed by atoms with Crippen molar-refractivity contribution in [1.29, 1.82) is 0 Å². The number of carbonyl (C=O) groups is 1. The maximum atomic E-state index is 13.2. The van der Waals surface area contributed by atoms with Gasteiger partial charge in [-0.15, -0.1) is 0 Å². The molecule has 1 amide bonds. The van der Waals surface area contributed by atoms with Gasteiger partial charge in [0.25, 0.3) is 0 Å². The highest BCUT2D eigenvalue weighted by atomic mass is 16.2. The summed E-state index contributed by atoms with van der Waals surface area (Å²) in [6.07, 6.45) is 8.79. The van der Waals surface area contributed by atoms with Gasteiger partial charge in [-0.3, -0.25) is 9.48 Å². The van der Waals surface area contributed by atoms with E-state index in [0.717, 1.165) is 43.4 Å². The molecule has 0 unspecified atom stereocenters. The number of aromatic nitrogens is 4. The van der Waals surface area contributed by atoms with Crippen LogP contribution >= 0.6 is 0 Å². The summed E-state index contributed by atoms with van der Waals surface area (Å²) in [7, 11) is 0. The van der Waals surface area contributed by atoms with Crippen LogP contribution in [0, 0.1) is 0 Å². The predicted molar refractivity (Wildman–Crippen MR) is 96.0 cm³/mol. The summed E-state index contributed by atoms with van der Waals surface area (Å²) in [6, 6.07) is 9.82. The number of imidazole rings is 1. The van der Waals surface area contributed by atoms with Crippen LogP contribution in [0.2, 0.25) is 0 Å². The third-order valence-corrected chi connectivity index (χ3v) is 5.12. The van der Waals surface area contributed by atoms with Crippen molar-refractivity contribution in [3.8, 4) is 0 Å². The molecule has 0 spiro atoms. The number of amides is 1. The van der Waals surface area contributed by atoms with Gasteiger partial charge in [-0.1, -0.05) is 12.1 Å². The number of carbonyl (C=O) groups excluding carboxylic acids is 1. The first-order valence-electron chi connectivity index (χ1n) is 8.93. The zero-order valence-electron chi connectivity index (χ0n) is 14.5. The highest BCUT2D eigenvalue weighted by molar-refractivity contribution is 5.84. The minimum absolute atomic E-state index is 0.167. The van der Waals surface area contributed by atoms with Gasteiger partial charge in [-0.2, -0.15) is 5.10 Å². The Morgan fingerprint density at radius 1 is 1.28 bits per heavy atom. The molecule has 130 valence electrons. The molecular weight excluding hydrogens is 314 g/mol. The van der Waals surface area contributed by atoms with Crippen LogP contribution in [0.15, 0.2) is 49.1 Å². The fraction of sp³-hybridized carbons (Fsp3) is 0.421. The molecule has 0 aliphatic carbocycles. The van der Waals surface area contributed by atoms with E-state index < -0.39 is 0 Å². The van der Waals surface area contributed by atoms with Crippen molar-refractivity contribution in [2.24, 2.45) is 0 Å². The van der Waals surface area contributed by atoms with E-state index in [4.69, 9.17) is 0 Å². The van der Waals surface area contributed by atoms with Gasteiger partial charge in [0, 0.05) is 18.9 Å². The van der Waals surface area contributed by atoms with E-state index in [1.807, 2.05) is 57.6 Å². The summed E-state index contributed by atoms with van der Waals surface area (Å²) in [5.74, 6) is 0.167. The van der Waals surface area contributed by atoms with Gasteiger partial charge in [0.05, 0.1) is 29.9 Å². The Bertz CT molecular complexity index is 854. The summed E-state index contributed by atoms with van der Waals surface area (Å²) in [6.45, 7) is 3.55. The number of rotatable bonds is 4. The highest BCUT2D eigenvalue weighted by Gasteiger charge is 2.31. The lowest BCUT2D eigenvalue weighted by molar-refractivity contribution is -0.138. The minimum atomic E-state index is -0.259. The Hall–Kier alpha value is -2.63. The average Bonchev–Trinajstić information content (AvgIpc) is 3.30. The van der Waals surface area contributed by atoms with Gasteiger partial charge >= 0.3 is 0 Å².